The molecule has 148 valence electrons. The summed E-state index contributed by atoms with van der Waals surface area (Å²) in [6.07, 6.45) is 0. The van der Waals surface area contributed by atoms with Crippen LogP contribution in [0.15, 0.2) is 78.9 Å². The number of carbonyl (C=O) groups excluding carboxylic acids is 2. The summed E-state index contributed by atoms with van der Waals surface area (Å²) in [5, 5.41) is 2.78. The zero-order valence-electron chi connectivity index (χ0n) is 16.0. The largest absolute Gasteiger partial charge is 0.397 e. The average molecular weight is 388 g/mol. The van der Waals surface area contributed by atoms with Crippen molar-refractivity contribution in [3.63, 3.8) is 0 Å². The van der Waals surface area contributed by atoms with E-state index in [0.29, 0.717) is 42.1 Å². The topological polar surface area (TPSA) is 101 Å². The minimum atomic E-state index is -0.287. The fraction of sp³-hybridized carbons (Fsp3) is 0.130. The molecule has 0 aliphatic carbocycles. The number of benzene rings is 3. The Labute approximate surface area is 170 Å². The lowest BCUT2D eigenvalue weighted by atomic mass is 10.1. The Morgan fingerprint density at radius 2 is 1.45 bits per heavy atom. The van der Waals surface area contributed by atoms with Crippen LogP contribution in [-0.4, -0.2) is 29.8 Å². The number of nitrogen functional groups attached to an aromatic ring is 1. The third-order valence-electron chi connectivity index (χ3n) is 4.51. The first kappa shape index (κ1) is 20.1. The smallest absolute Gasteiger partial charge is 0.255 e. The molecule has 0 aromatic heterocycles. The van der Waals surface area contributed by atoms with E-state index in [1.165, 1.54) is 0 Å². The van der Waals surface area contributed by atoms with Gasteiger partial charge in [0.1, 0.15) is 0 Å². The molecular formula is C23H24N4O2. The molecule has 3 rings (SSSR count). The third kappa shape index (κ3) is 5.21. The van der Waals surface area contributed by atoms with Gasteiger partial charge in [0.05, 0.1) is 11.4 Å². The first-order chi connectivity index (χ1) is 14.1. The summed E-state index contributed by atoms with van der Waals surface area (Å²) in [5.41, 5.74) is 14.6. The van der Waals surface area contributed by atoms with Gasteiger partial charge in [-0.15, -0.1) is 0 Å². The van der Waals surface area contributed by atoms with Crippen LogP contribution >= 0.6 is 0 Å². The number of para-hydroxylation sites is 2. The minimum absolute atomic E-state index is 0.126. The van der Waals surface area contributed by atoms with Crippen molar-refractivity contribution in [1.82, 2.24) is 4.90 Å². The summed E-state index contributed by atoms with van der Waals surface area (Å²) >= 11 is 0. The Balaban J connectivity index is 1.71. The van der Waals surface area contributed by atoms with Crippen molar-refractivity contribution >= 4 is 23.2 Å². The van der Waals surface area contributed by atoms with Crippen molar-refractivity contribution in [2.75, 3.05) is 24.1 Å². The van der Waals surface area contributed by atoms with Crippen LogP contribution in [0, 0.1) is 0 Å². The molecule has 0 aliphatic heterocycles. The number of hydrogen-bond donors (Lipinski definition) is 3. The van der Waals surface area contributed by atoms with Crippen LogP contribution in [0.4, 0.5) is 11.4 Å². The lowest BCUT2D eigenvalue weighted by molar-refractivity contribution is 0.0748. The molecule has 0 saturated carbocycles. The van der Waals surface area contributed by atoms with Gasteiger partial charge in [-0.3, -0.25) is 9.59 Å². The van der Waals surface area contributed by atoms with Gasteiger partial charge in [-0.1, -0.05) is 42.5 Å². The van der Waals surface area contributed by atoms with Gasteiger partial charge in [0.15, 0.2) is 0 Å². The maximum atomic E-state index is 12.9. The maximum absolute atomic E-state index is 12.9. The number of hydrogen-bond acceptors (Lipinski definition) is 4. The van der Waals surface area contributed by atoms with E-state index < -0.39 is 0 Å². The zero-order valence-corrected chi connectivity index (χ0v) is 16.0. The van der Waals surface area contributed by atoms with E-state index in [-0.39, 0.29) is 11.8 Å². The van der Waals surface area contributed by atoms with Gasteiger partial charge in [-0.05, 0) is 42.0 Å². The van der Waals surface area contributed by atoms with Gasteiger partial charge in [-0.25, -0.2) is 0 Å². The molecule has 5 N–H and O–H groups in total. The molecule has 0 atom stereocenters. The maximum Gasteiger partial charge on any atom is 0.255 e. The van der Waals surface area contributed by atoms with Gasteiger partial charge in [0.25, 0.3) is 11.8 Å². The molecule has 6 nitrogen and oxygen atoms in total. The van der Waals surface area contributed by atoms with E-state index >= 15 is 0 Å². The van der Waals surface area contributed by atoms with Crippen molar-refractivity contribution in [1.29, 1.82) is 0 Å². The predicted octanol–water partition coefficient (Wildman–Crippen LogP) is 3.12. The van der Waals surface area contributed by atoms with Crippen molar-refractivity contribution in [2.45, 2.75) is 6.54 Å². The molecule has 0 fully saturated rings. The molecule has 0 aliphatic rings. The Morgan fingerprint density at radius 3 is 2.10 bits per heavy atom. The van der Waals surface area contributed by atoms with E-state index in [0.717, 1.165) is 5.56 Å². The predicted molar refractivity (Wildman–Crippen MR) is 115 cm³/mol. The van der Waals surface area contributed by atoms with Gasteiger partial charge in [0.2, 0.25) is 0 Å². The zero-order chi connectivity index (χ0) is 20.6. The number of nitrogens with one attached hydrogen (secondary N) is 1. The molecule has 29 heavy (non-hydrogen) atoms. The van der Waals surface area contributed by atoms with E-state index in [2.05, 4.69) is 5.32 Å². The Kier molecular flexibility index (Phi) is 6.60. The number of anilines is 2. The number of carbonyl (C=O) groups is 2. The molecule has 6 heteroatoms. The lowest BCUT2D eigenvalue weighted by Crippen LogP contribution is -2.34. The summed E-state index contributed by atoms with van der Waals surface area (Å²) in [7, 11) is 0. The van der Waals surface area contributed by atoms with Crippen LogP contribution in [0.5, 0.6) is 0 Å². The first-order valence-electron chi connectivity index (χ1n) is 9.37. The Morgan fingerprint density at radius 1 is 0.828 bits per heavy atom. The number of nitrogens with two attached hydrogens (primary N) is 2. The third-order valence-corrected chi connectivity index (χ3v) is 4.51. The summed E-state index contributed by atoms with van der Waals surface area (Å²) in [6.45, 7) is 1.30. The van der Waals surface area contributed by atoms with Crippen molar-refractivity contribution in [2.24, 2.45) is 5.73 Å². The van der Waals surface area contributed by atoms with Crippen LogP contribution in [0.25, 0.3) is 0 Å². The summed E-state index contributed by atoms with van der Waals surface area (Å²) in [5.74, 6) is -0.413. The molecule has 3 aromatic carbocycles. The van der Waals surface area contributed by atoms with E-state index in [1.807, 2.05) is 30.3 Å². The van der Waals surface area contributed by atoms with E-state index in [4.69, 9.17) is 11.5 Å². The highest BCUT2D eigenvalue weighted by atomic mass is 16.2. The highest BCUT2D eigenvalue weighted by Crippen LogP contribution is 2.18. The number of amides is 2. The van der Waals surface area contributed by atoms with Crippen molar-refractivity contribution in [3.8, 4) is 0 Å². The normalized spacial score (nSPS) is 10.4. The van der Waals surface area contributed by atoms with E-state index in [9.17, 15) is 9.59 Å². The van der Waals surface area contributed by atoms with Crippen LogP contribution in [0.3, 0.4) is 0 Å². The van der Waals surface area contributed by atoms with Crippen LogP contribution in [0.1, 0.15) is 26.3 Å². The number of rotatable bonds is 7. The average Bonchev–Trinajstić information content (AvgIpc) is 2.75. The molecule has 0 spiro atoms. The van der Waals surface area contributed by atoms with Crippen LogP contribution in [-0.2, 0) is 6.54 Å². The first-order valence-corrected chi connectivity index (χ1v) is 9.37. The Bertz CT molecular complexity index is 972. The summed E-state index contributed by atoms with van der Waals surface area (Å²) < 4.78 is 0. The molecule has 0 saturated heterocycles. The van der Waals surface area contributed by atoms with E-state index in [1.54, 1.807) is 53.4 Å². The number of nitrogens with zero attached hydrogens (tertiary/aromatic N) is 1. The molecule has 0 bridgehead atoms. The lowest BCUT2D eigenvalue weighted by Gasteiger charge is -2.22. The quantitative estimate of drug-likeness (QED) is 0.541. The molecule has 3 aromatic rings. The highest BCUT2D eigenvalue weighted by molar-refractivity contribution is 6.06. The van der Waals surface area contributed by atoms with Crippen molar-refractivity contribution in [3.05, 3.63) is 95.6 Å². The summed E-state index contributed by atoms with van der Waals surface area (Å²) in [6, 6.07) is 23.4. The second-order valence-corrected chi connectivity index (χ2v) is 6.62. The molecular weight excluding hydrogens is 364 g/mol. The van der Waals surface area contributed by atoms with Gasteiger partial charge in [-0.2, -0.15) is 0 Å². The molecule has 2 amide bonds. The van der Waals surface area contributed by atoms with Crippen LogP contribution in [0.2, 0.25) is 0 Å². The Hall–Kier alpha value is -3.64. The second-order valence-electron chi connectivity index (χ2n) is 6.62. The molecule has 0 unspecified atom stereocenters. The summed E-state index contributed by atoms with van der Waals surface area (Å²) in [4.78, 5) is 27.1. The van der Waals surface area contributed by atoms with Gasteiger partial charge < -0.3 is 21.7 Å². The molecule has 0 heterocycles. The fourth-order valence-corrected chi connectivity index (χ4v) is 2.96. The SMILES string of the molecule is NCCN(Cc1ccccc1)C(=O)c1ccc(C(=O)Nc2ccccc2N)cc1. The minimum Gasteiger partial charge on any atom is -0.397 e. The standard InChI is InChI=1S/C23H24N4O2/c24-14-15-27(16-17-6-2-1-3-7-17)23(29)19-12-10-18(11-13-19)22(28)26-21-9-5-4-8-20(21)25/h1-13H,14-16,24-25H2,(H,26,28). The monoisotopic (exact) mass is 388 g/mol. The fourth-order valence-electron chi connectivity index (χ4n) is 2.96. The highest BCUT2D eigenvalue weighted by Gasteiger charge is 2.16. The van der Waals surface area contributed by atoms with Crippen LogP contribution < -0.4 is 16.8 Å². The van der Waals surface area contributed by atoms with Gasteiger partial charge in [0, 0.05) is 30.8 Å². The van der Waals surface area contributed by atoms with Gasteiger partial charge >= 0.3 is 0 Å². The molecule has 0 radical (unpaired) electrons. The second kappa shape index (κ2) is 9.52. The van der Waals surface area contributed by atoms with Crippen molar-refractivity contribution < 1.29 is 9.59 Å².